The highest BCUT2D eigenvalue weighted by Crippen LogP contribution is 2.50. The number of rotatable bonds is 4. The van der Waals surface area contributed by atoms with Crippen LogP contribution in [0, 0.1) is 11.8 Å². The molecule has 5 rings (SSSR count). The van der Waals surface area contributed by atoms with Gasteiger partial charge in [-0.15, -0.1) is 0 Å². The van der Waals surface area contributed by atoms with Crippen LogP contribution < -0.4 is 4.90 Å². The molecule has 5 nitrogen and oxygen atoms in total. The normalized spacial score (nSPS) is 27.5. The lowest BCUT2D eigenvalue weighted by molar-refractivity contribution is -0.140. The van der Waals surface area contributed by atoms with Crippen LogP contribution >= 0.6 is 11.6 Å². The van der Waals surface area contributed by atoms with Gasteiger partial charge in [0, 0.05) is 34.6 Å². The minimum absolute atomic E-state index is 0.0592. The van der Waals surface area contributed by atoms with E-state index >= 15 is 0 Å². The Morgan fingerprint density at radius 3 is 2.17 bits per heavy atom. The van der Waals surface area contributed by atoms with Crippen molar-refractivity contribution < 1.29 is 14.4 Å². The van der Waals surface area contributed by atoms with E-state index in [9.17, 15) is 14.4 Å². The highest BCUT2D eigenvalue weighted by molar-refractivity contribution is 6.30. The van der Waals surface area contributed by atoms with Gasteiger partial charge in [0.2, 0.25) is 17.7 Å². The summed E-state index contributed by atoms with van der Waals surface area (Å²) in [5.74, 6) is -0.588. The van der Waals surface area contributed by atoms with E-state index < -0.39 is 5.54 Å². The molecule has 2 aromatic rings. The molecule has 1 saturated heterocycles. The Balaban J connectivity index is 1.42. The maximum Gasteiger partial charge on any atom is 0.233 e. The van der Waals surface area contributed by atoms with Gasteiger partial charge in [-0.2, -0.15) is 0 Å². The second-order valence-electron chi connectivity index (χ2n) is 11.2. The summed E-state index contributed by atoms with van der Waals surface area (Å²) in [4.78, 5) is 42.8. The topological polar surface area (TPSA) is 57.7 Å². The molecular weight excluding hydrogens is 460 g/mol. The van der Waals surface area contributed by atoms with Gasteiger partial charge >= 0.3 is 0 Å². The van der Waals surface area contributed by atoms with E-state index in [1.54, 1.807) is 0 Å². The number of carbonyl (C=O) groups is 3. The van der Waals surface area contributed by atoms with Crippen molar-refractivity contribution in [2.75, 3.05) is 11.4 Å². The van der Waals surface area contributed by atoms with Gasteiger partial charge in [-0.05, 0) is 62.4 Å². The Morgan fingerprint density at radius 2 is 1.54 bits per heavy atom. The predicted molar refractivity (Wildman–Crippen MR) is 137 cm³/mol. The van der Waals surface area contributed by atoms with E-state index in [0.29, 0.717) is 5.02 Å². The molecule has 0 bridgehead atoms. The number of para-hydroxylation sites is 1. The molecule has 35 heavy (non-hydrogen) atoms. The number of imide groups is 1. The second kappa shape index (κ2) is 8.77. The average Bonchev–Trinajstić information content (AvgIpc) is 3.07. The zero-order valence-corrected chi connectivity index (χ0v) is 21.5. The Labute approximate surface area is 212 Å². The number of hydrogen-bond acceptors (Lipinski definition) is 3. The highest BCUT2D eigenvalue weighted by atomic mass is 35.5. The zero-order valence-electron chi connectivity index (χ0n) is 20.7. The van der Waals surface area contributed by atoms with Crippen LogP contribution in [0.2, 0.25) is 5.02 Å². The molecule has 1 saturated carbocycles. The van der Waals surface area contributed by atoms with Gasteiger partial charge in [0.05, 0.1) is 11.8 Å². The van der Waals surface area contributed by atoms with Crippen molar-refractivity contribution in [2.24, 2.45) is 11.8 Å². The van der Waals surface area contributed by atoms with Crippen molar-refractivity contribution in [3.63, 3.8) is 0 Å². The maximum atomic E-state index is 13.7. The number of nitrogens with zero attached hydrogens (tertiary/aromatic N) is 2. The molecule has 2 fully saturated rings. The van der Waals surface area contributed by atoms with E-state index in [1.807, 2.05) is 35.2 Å². The highest BCUT2D eigenvalue weighted by Gasteiger charge is 2.50. The molecule has 3 atom stereocenters. The minimum atomic E-state index is -0.465. The first-order valence-electron chi connectivity index (χ1n) is 12.7. The molecule has 2 heterocycles. The molecule has 2 aromatic carbocycles. The number of carbonyl (C=O) groups excluding carboxylic acids is 3. The Morgan fingerprint density at radius 1 is 0.943 bits per heavy atom. The van der Waals surface area contributed by atoms with Crippen LogP contribution in [0.5, 0.6) is 0 Å². The fraction of sp³-hybridized carbons (Fsp3) is 0.483. The summed E-state index contributed by atoms with van der Waals surface area (Å²) < 4.78 is 0. The van der Waals surface area contributed by atoms with Crippen molar-refractivity contribution in [1.29, 1.82) is 0 Å². The summed E-state index contributed by atoms with van der Waals surface area (Å²) in [6.45, 7) is 6.57. The lowest BCUT2D eigenvalue weighted by atomic mass is 9.65. The lowest BCUT2D eigenvalue weighted by Crippen LogP contribution is -2.56. The summed E-state index contributed by atoms with van der Waals surface area (Å²) in [6, 6.07) is 16.0. The Kier molecular flexibility index (Phi) is 6.03. The number of likely N-dealkylation sites (tertiary alicyclic amines) is 1. The van der Waals surface area contributed by atoms with Crippen LogP contribution in [0.15, 0.2) is 48.5 Å². The molecule has 3 aliphatic rings. The molecule has 0 radical (unpaired) electrons. The summed E-state index contributed by atoms with van der Waals surface area (Å²) in [7, 11) is 0. The number of halogens is 1. The van der Waals surface area contributed by atoms with Gasteiger partial charge in [-0.1, -0.05) is 61.7 Å². The monoisotopic (exact) mass is 492 g/mol. The third-order valence-corrected chi connectivity index (χ3v) is 8.60. The largest absolute Gasteiger partial charge is 0.306 e. The van der Waals surface area contributed by atoms with E-state index in [0.717, 1.165) is 48.9 Å². The minimum Gasteiger partial charge on any atom is -0.306 e. The summed E-state index contributed by atoms with van der Waals surface area (Å²) >= 11 is 6.16. The molecule has 6 heteroatoms. The van der Waals surface area contributed by atoms with Gasteiger partial charge in [0.1, 0.15) is 0 Å². The van der Waals surface area contributed by atoms with Gasteiger partial charge in [-0.3, -0.25) is 19.3 Å². The number of benzene rings is 2. The summed E-state index contributed by atoms with van der Waals surface area (Å²) in [6.07, 6.45) is 4.43. The predicted octanol–water partition coefficient (Wildman–Crippen LogP) is 5.73. The van der Waals surface area contributed by atoms with Crippen molar-refractivity contribution in [3.05, 3.63) is 64.7 Å². The zero-order chi connectivity index (χ0) is 25.0. The maximum absolute atomic E-state index is 13.7. The molecule has 0 spiro atoms. The van der Waals surface area contributed by atoms with Gasteiger partial charge in [-0.25, -0.2) is 0 Å². The Hall–Kier alpha value is -2.66. The number of fused-ring (bicyclic) bond motifs is 2. The van der Waals surface area contributed by atoms with Crippen LogP contribution in [0.25, 0.3) is 0 Å². The molecule has 3 amide bonds. The van der Waals surface area contributed by atoms with Crippen molar-refractivity contribution in [3.8, 4) is 0 Å². The molecule has 0 unspecified atom stereocenters. The van der Waals surface area contributed by atoms with Crippen LogP contribution in [0.3, 0.4) is 0 Å². The molecular formula is C29H33ClN2O3. The summed E-state index contributed by atoms with van der Waals surface area (Å²) in [5.41, 5.74) is 2.38. The second-order valence-corrected chi connectivity index (χ2v) is 11.6. The smallest absolute Gasteiger partial charge is 0.233 e. The SMILES string of the molecule is CC1(C)C[C@@](C)(c2ccc(Cl)cc2)c2ccccc2N1C(=O)CCN1C(=O)[C@H]2CCCC[C@@H]2C1=O. The number of amides is 3. The molecule has 1 aliphatic carbocycles. The van der Waals surface area contributed by atoms with Crippen LogP contribution in [0.4, 0.5) is 5.69 Å². The first-order valence-corrected chi connectivity index (χ1v) is 13.1. The van der Waals surface area contributed by atoms with Crippen molar-refractivity contribution in [2.45, 2.75) is 70.3 Å². The van der Waals surface area contributed by atoms with E-state index in [4.69, 9.17) is 11.6 Å². The third-order valence-electron chi connectivity index (χ3n) is 8.34. The fourth-order valence-corrected chi connectivity index (χ4v) is 6.94. The van der Waals surface area contributed by atoms with Crippen molar-refractivity contribution >= 4 is 35.0 Å². The van der Waals surface area contributed by atoms with E-state index in [2.05, 4.69) is 39.0 Å². The molecule has 2 aliphatic heterocycles. The average molecular weight is 493 g/mol. The third kappa shape index (κ3) is 3.98. The first kappa shape index (κ1) is 24.1. The van der Waals surface area contributed by atoms with Gasteiger partial charge < -0.3 is 4.90 Å². The quantitative estimate of drug-likeness (QED) is 0.512. The first-order chi connectivity index (χ1) is 16.6. The van der Waals surface area contributed by atoms with Crippen molar-refractivity contribution in [1.82, 2.24) is 4.90 Å². The van der Waals surface area contributed by atoms with Gasteiger partial charge in [0.25, 0.3) is 0 Å². The number of hydrogen-bond donors (Lipinski definition) is 0. The summed E-state index contributed by atoms with van der Waals surface area (Å²) in [5, 5.41) is 0.698. The molecule has 0 N–H and O–H groups in total. The van der Waals surface area contributed by atoms with Gasteiger partial charge in [0.15, 0.2) is 0 Å². The molecule has 184 valence electrons. The Bertz CT molecular complexity index is 1150. The standard InChI is InChI=1S/C29H33ClN2O3/c1-28(2)18-29(3,19-12-14-20(30)15-13-19)23-10-6-7-11-24(23)32(28)25(33)16-17-31-26(34)21-8-4-5-9-22(21)27(31)35/h6-7,10-15,21-22H,4-5,8-9,16-18H2,1-3H3/t21-,22-,29-/m0/s1. The van der Waals surface area contributed by atoms with Crippen LogP contribution in [-0.4, -0.2) is 34.7 Å². The van der Waals surface area contributed by atoms with Crippen LogP contribution in [0.1, 0.15) is 70.4 Å². The number of anilines is 1. The fourth-order valence-electron chi connectivity index (χ4n) is 6.82. The van der Waals surface area contributed by atoms with Crippen LogP contribution in [-0.2, 0) is 19.8 Å². The lowest BCUT2D eigenvalue weighted by Gasteiger charge is -2.51. The van der Waals surface area contributed by atoms with E-state index in [1.165, 1.54) is 4.90 Å². The molecule has 0 aromatic heterocycles. The van der Waals surface area contributed by atoms with E-state index in [-0.39, 0.29) is 47.9 Å².